The third-order valence-corrected chi connectivity index (χ3v) is 4.83. The van der Waals surface area contributed by atoms with Crippen molar-refractivity contribution in [3.05, 3.63) is 0 Å². The van der Waals surface area contributed by atoms with E-state index in [-0.39, 0.29) is 23.4 Å². The maximum absolute atomic E-state index is 12.3. The van der Waals surface area contributed by atoms with Gasteiger partial charge in [0, 0.05) is 17.5 Å². The second-order valence-corrected chi connectivity index (χ2v) is 6.32. The second-order valence-electron chi connectivity index (χ2n) is 6.32. The van der Waals surface area contributed by atoms with E-state index in [1.165, 1.54) is 12.8 Å². The molecule has 0 aromatic carbocycles. The summed E-state index contributed by atoms with van der Waals surface area (Å²) in [5, 5.41) is 3.28. The lowest BCUT2D eigenvalue weighted by molar-refractivity contribution is -0.129. The van der Waals surface area contributed by atoms with Gasteiger partial charge in [-0.15, -0.1) is 0 Å². The van der Waals surface area contributed by atoms with E-state index in [2.05, 4.69) is 19.2 Å². The molecule has 3 N–H and O–H groups in total. The predicted molar refractivity (Wildman–Crippen MR) is 69.5 cm³/mol. The van der Waals surface area contributed by atoms with Gasteiger partial charge in [-0.25, -0.2) is 0 Å². The lowest BCUT2D eigenvalue weighted by Gasteiger charge is -2.35. The Bertz CT molecular complexity index is 284. The summed E-state index contributed by atoms with van der Waals surface area (Å²) in [5.41, 5.74) is 6.12. The molecular weight excluding hydrogens is 212 g/mol. The van der Waals surface area contributed by atoms with Crippen LogP contribution in [-0.4, -0.2) is 17.5 Å². The van der Waals surface area contributed by atoms with Crippen LogP contribution in [0.4, 0.5) is 0 Å². The molecule has 2 aliphatic carbocycles. The maximum atomic E-state index is 12.3. The number of carbonyl (C=O) groups excluding carboxylic acids is 1. The standard InChI is InChI=1S/C14H26N2O/c1-10-11(6-5-7-12(10)15)13(17)16-14(2)8-3-4-9-14/h10-12H,3-9,15H2,1-2H3,(H,16,17). The van der Waals surface area contributed by atoms with Gasteiger partial charge < -0.3 is 11.1 Å². The molecule has 2 fully saturated rings. The molecule has 3 nitrogen and oxygen atoms in total. The Balaban J connectivity index is 1.95. The van der Waals surface area contributed by atoms with Gasteiger partial charge in [-0.05, 0) is 38.5 Å². The summed E-state index contributed by atoms with van der Waals surface area (Å²) in [6, 6.07) is 0.205. The molecule has 3 atom stereocenters. The molecule has 0 heterocycles. The van der Waals surface area contributed by atoms with Crippen molar-refractivity contribution < 1.29 is 4.79 Å². The van der Waals surface area contributed by atoms with Crippen LogP contribution in [0, 0.1) is 11.8 Å². The first-order valence-electron chi connectivity index (χ1n) is 7.09. The van der Waals surface area contributed by atoms with Crippen molar-refractivity contribution in [3.8, 4) is 0 Å². The molecule has 0 radical (unpaired) electrons. The molecule has 98 valence electrons. The first-order chi connectivity index (χ1) is 8.02. The largest absolute Gasteiger partial charge is 0.351 e. The number of hydrogen-bond donors (Lipinski definition) is 2. The summed E-state index contributed by atoms with van der Waals surface area (Å²) in [7, 11) is 0. The number of hydrogen-bond acceptors (Lipinski definition) is 2. The first kappa shape index (κ1) is 12.9. The summed E-state index contributed by atoms with van der Waals surface area (Å²) in [6.07, 6.45) is 7.93. The molecule has 0 aromatic rings. The summed E-state index contributed by atoms with van der Waals surface area (Å²) in [5.74, 6) is 0.710. The Kier molecular flexibility index (Phi) is 3.76. The Morgan fingerprint density at radius 1 is 1.24 bits per heavy atom. The average molecular weight is 238 g/mol. The fourth-order valence-corrected chi connectivity index (χ4v) is 3.44. The Hall–Kier alpha value is -0.570. The van der Waals surface area contributed by atoms with Crippen LogP contribution in [-0.2, 0) is 4.79 Å². The van der Waals surface area contributed by atoms with Gasteiger partial charge in [-0.3, -0.25) is 4.79 Å². The van der Waals surface area contributed by atoms with Crippen LogP contribution in [0.1, 0.15) is 58.8 Å². The topological polar surface area (TPSA) is 55.1 Å². The van der Waals surface area contributed by atoms with Crippen molar-refractivity contribution in [1.29, 1.82) is 0 Å². The van der Waals surface area contributed by atoms with Crippen molar-refractivity contribution in [3.63, 3.8) is 0 Å². The number of amides is 1. The highest BCUT2D eigenvalue weighted by atomic mass is 16.2. The van der Waals surface area contributed by atoms with Crippen molar-refractivity contribution in [1.82, 2.24) is 5.32 Å². The quantitative estimate of drug-likeness (QED) is 0.775. The van der Waals surface area contributed by atoms with Gasteiger partial charge >= 0.3 is 0 Å². The van der Waals surface area contributed by atoms with Gasteiger partial charge in [-0.2, -0.15) is 0 Å². The fraction of sp³-hybridized carbons (Fsp3) is 0.929. The van der Waals surface area contributed by atoms with Crippen LogP contribution in [0.2, 0.25) is 0 Å². The number of nitrogens with two attached hydrogens (primary N) is 1. The smallest absolute Gasteiger partial charge is 0.223 e. The normalized spacial score (nSPS) is 36.8. The summed E-state index contributed by atoms with van der Waals surface area (Å²) in [6.45, 7) is 4.32. The van der Waals surface area contributed by atoms with E-state index in [1.807, 2.05) is 0 Å². The van der Waals surface area contributed by atoms with E-state index in [0.29, 0.717) is 5.92 Å². The van der Waals surface area contributed by atoms with Crippen molar-refractivity contribution in [2.24, 2.45) is 17.6 Å². The molecule has 2 rings (SSSR count). The highest BCUT2D eigenvalue weighted by molar-refractivity contribution is 5.80. The van der Waals surface area contributed by atoms with E-state index in [4.69, 9.17) is 5.73 Å². The minimum absolute atomic E-state index is 0.0539. The van der Waals surface area contributed by atoms with E-state index in [9.17, 15) is 4.79 Å². The molecule has 17 heavy (non-hydrogen) atoms. The molecule has 3 heteroatoms. The van der Waals surface area contributed by atoms with Crippen LogP contribution in [0.15, 0.2) is 0 Å². The van der Waals surface area contributed by atoms with Crippen molar-refractivity contribution in [2.75, 3.05) is 0 Å². The molecule has 2 aliphatic rings. The van der Waals surface area contributed by atoms with Crippen LogP contribution in [0.25, 0.3) is 0 Å². The van der Waals surface area contributed by atoms with Gasteiger partial charge in [-0.1, -0.05) is 26.2 Å². The summed E-state index contributed by atoms with van der Waals surface area (Å²) < 4.78 is 0. The van der Waals surface area contributed by atoms with Crippen LogP contribution < -0.4 is 11.1 Å². The van der Waals surface area contributed by atoms with E-state index in [1.54, 1.807) is 0 Å². The molecule has 2 saturated carbocycles. The maximum Gasteiger partial charge on any atom is 0.223 e. The average Bonchev–Trinajstić information content (AvgIpc) is 2.68. The minimum Gasteiger partial charge on any atom is -0.351 e. The van der Waals surface area contributed by atoms with Crippen LogP contribution >= 0.6 is 0 Å². The molecule has 3 unspecified atom stereocenters. The molecule has 0 aliphatic heterocycles. The van der Waals surface area contributed by atoms with Crippen LogP contribution in [0.3, 0.4) is 0 Å². The van der Waals surface area contributed by atoms with E-state index >= 15 is 0 Å². The molecule has 0 spiro atoms. The third kappa shape index (κ3) is 2.82. The SMILES string of the molecule is CC1C(N)CCCC1C(=O)NC1(C)CCCC1. The number of rotatable bonds is 2. The molecule has 0 aromatic heterocycles. The highest BCUT2D eigenvalue weighted by Gasteiger charge is 2.37. The highest BCUT2D eigenvalue weighted by Crippen LogP contribution is 2.32. The third-order valence-electron chi connectivity index (χ3n) is 4.83. The Labute approximate surface area is 105 Å². The summed E-state index contributed by atoms with van der Waals surface area (Å²) >= 11 is 0. The van der Waals surface area contributed by atoms with Gasteiger partial charge in [0.25, 0.3) is 0 Å². The lowest BCUT2D eigenvalue weighted by atomic mass is 9.76. The van der Waals surface area contributed by atoms with Gasteiger partial charge in [0.2, 0.25) is 5.91 Å². The Morgan fingerprint density at radius 2 is 1.88 bits per heavy atom. The predicted octanol–water partition coefficient (Wildman–Crippen LogP) is 2.20. The molecule has 0 saturated heterocycles. The first-order valence-corrected chi connectivity index (χ1v) is 7.09. The summed E-state index contributed by atoms with van der Waals surface area (Å²) in [4.78, 5) is 12.3. The van der Waals surface area contributed by atoms with Gasteiger partial charge in [0.05, 0.1) is 0 Å². The number of nitrogens with one attached hydrogen (secondary N) is 1. The monoisotopic (exact) mass is 238 g/mol. The van der Waals surface area contributed by atoms with E-state index in [0.717, 1.165) is 32.1 Å². The molecular formula is C14H26N2O. The van der Waals surface area contributed by atoms with Crippen molar-refractivity contribution in [2.45, 2.75) is 70.4 Å². The van der Waals surface area contributed by atoms with E-state index < -0.39 is 0 Å². The van der Waals surface area contributed by atoms with Crippen molar-refractivity contribution >= 4 is 5.91 Å². The molecule has 0 bridgehead atoms. The minimum atomic E-state index is 0.0539. The Morgan fingerprint density at radius 3 is 2.53 bits per heavy atom. The zero-order valence-corrected chi connectivity index (χ0v) is 11.2. The fourth-order valence-electron chi connectivity index (χ4n) is 3.44. The molecule has 1 amide bonds. The number of carbonyl (C=O) groups is 1. The van der Waals surface area contributed by atoms with Crippen LogP contribution in [0.5, 0.6) is 0 Å². The van der Waals surface area contributed by atoms with Gasteiger partial charge in [0.1, 0.15) is 0 Å². The zero-order chi connectivity index (χ0) is 12.5. The second kappa shape index (κ2) is 4.97. The lowest BCUT2D eigenvalue weighted by Crippen LogP contribution is -2.50. The van der Waals surface area contributed by atoms with Gasteiger partial charge in [0.15, 0.2) is 0 Å². The zero-order valence-electron chi connectivity index (χ0n) is 11.2.